The first kappa shape index (κ1) is 25.9. The number of likely N-dealkylation sites (tertiary alicyclic amines) is 1. The maximum absolute atomic E-state index is 11.7. The summed E-state index contributed by atoms with van der Waals surface area (Å²) in [5, 5.41) is 15.1. The van der Waals surface area contributed by atoms with E-state index in [1.54, 1.807) is 6.20 Å². The number of carboxylic acids is 1. The van der Waals surface area contributed by atoms with Crippen molar-refractivity contribution in [2.75, 3.05) is 20.1 Å². The van der Waals surface area contributed by atoms with Crippen molar-refractivity contribution in [3.8, 4) is 11.3 Å². The highest BCUT2D eigenvalue weighted by Crippen LogP contribution is 2.51. The van der Waals surface area contributed by atoms with Crippen molar-refractivity contribution in [2.45, 2.75) is 56.8 Å². The minimum absolute atomic E-state index is 0.0404. The van der Waals surface area contributed by atoms with Gasteiger partial charge in [-0.2, -0.15) is 0 Å². The molecule has 2 aromatic rings. The van der Waals surface area contributed by atoms with Crippen LogP contribution in [0.2, 0.25) is 10.0 Å². The molecule has 3 fully saturated rings. The molecule has 0 radical (unpaired) electrons. The number of hydrogen-bond acceptors (Lipinski definition) is 6. The summed E-state index contributed by atoms with van der Waals surface area (Å²) in [6.07, 6.45) is 15.6. The molecule has 3 heterocycles. The number of carboxylic acid groups (broad SMARTS) is 1. The van der Waals surface area contributed by atoms with Gasteiger partial charge >= 0.3 is 5.97 Å². The van der Waals surface area contributed by atoms with Gasteiger partial charge in [-0.1, -0.05) is 46.6 Å². The van der Waals surface area contributed by atoms with E-state index in [0.717, 1.165) is 67.8 Å². The van der Waals surface area contributed by atoms with E-state index < -0.39 is 5.97 Å². The molecular weight excluding hydrogens is 549 g/mol. The van der Waals surface area contributed by atoms with Crippen LogP contribution in [0, 0.1) is 5.41 Å². The van der Waals surface area contributed by atoms with E-state index in [1.165, 1.54) is 0 Å². The van der Waals surface area contributed by atoms with Gasteiger partial charge in [-0.05, 0) is 67.4 Å². The molecule has 5 aliphatic rings. The van der Waals surface area contributed by atoms with Crippen LogP contribution in [0.25, 0.3) is 11.3 Å². The Bertz CT molecular complexity index is 1480. The molecule has 9 heteroatoms. The zero-order valence-corrected chi connectivity index (χ0v) is 23.8. The Labute approximate surface area is 243 Å². The number of fused-ring (bicyclic) bond motifs is 1. The molecular formula is C31H31Cl2N3O4. The van der Waals surface area contributed by atoms with E-state index in [9.17, 15) is 9.90 Å². The second-order valence-corrected chi connectivity index (χ2v) is 12.6. The predicted molar refractivity (Wildman–Crippen MR) is 153 cm³/mol. The SMILES string of the molecule is CN1C=C(C(=O)O)C2=CC=C(N3CCC4(CC(OCc5c(-c6c(Cl)cccc6Cl)noc5C5CC5)C4)C3)C=CC21. The lowest BCUT2D eigenvalue weighted by Gasteiger charge is -2.45. The van der Waals surface area contributed by atoms with E-state index in [-0.39, 0.29) is 17.6 Å². The van der Waals surface area contributed by atoms with Crippen LogP contribution in [0.15, 0.2) is 70.1 Å². The molecule has 1 spiro atoms. The van der Waals surface area contributed by atoms with Crippen molar-refractivity contribution < 1.29 is 19.2 Å². The summed E-state index contributed by atoms with van der Waals surface area (Å²) in [6, 6.07) is 5.43. The first-order chi connectivity index (χ1) is 19.3. The Morgan fingerprint density at radius 2 is 2.00 bits per heavy atom. The first-order valence-corrected chi connectivity index (χ1v) is 14.6. The molecule has 208 valence electrons. The number of likely N-dealkylation sites (N-methyl/N-ethyl adjacent to an activating group) is 1. The summed E-state index contributed by atoms with van der Waals surface area (Å²) in [7, 11) is 1.92. The zero-order valence-electron chi connectivity index (χ0n) is 22.3. The molecule has 7 nitrogen and oxygen atoms in total. The van der Waals surface area contributed by atoms with Gasteiger partial charge in [0, 0.05) is 49.1 Å². The molecule has 1 N–H and O–H groups in total. The highest BCUT2D eigenvalue weighted by atomic mass is 35.5. The number of aromatic nitrogens is 1. The quantitative estimate of drug-likeness (QED) is 0.398. The number of ether oxygens (including phenoxy) is 1. The molecule has 1 aromatic carbocycles. The van der Waals surface area contributed by atoms with Crippen LogP contribution in [0.3, 0.4) is 0 Å². The number of rotatable bonds is 7. The second kappa shape index (κ2) is 9.82. The highest BCUT2D eigenvalue weighted by Gasteiger charge is 2.49. The van der Waals surface area contributed by atoms with Gasteiger partial charge in [-0.3, -0.25) is 0 Å². The number of hydrogen-bond donors (Lipinski definition) is 1. The Hall–Kier alpha value is -3.00. The summed E-state index contributed by atoms with van der Waals surface area (Å²) < 4.78 is 12.3. The Balaban J connectivity index is 1.01. The number of nitrogens with zero attached hydrogens (tertiary/aromatic N) is 3. The minimum Gasteiger partial charge on any atom is -0.478 e. The fraction of sp³-hybridized carbons (Fsp3) is 0.419. The van der Waals surface area contributed by atoms with Crippen LogP contribution < -0.4 is 0 Å². The third-order valence-corrected chi connectivity index (χ3v) is 9.70. The molecule has 2 aliphatic heterocycles. The third-order valence-electron chi connectivity index (χ3n) is 9.07. The van der Waals surface area contributed by atoms with Gasteiger partial charge in [0.1, 0.15) is 11.5 Å². The van der Waals surface area contributed by atoms with Gasteiger partial charge in [0.2, 0.25) is 0 Å². The van der Waals surface area contributed by atoms with Gasteiger partial charge in [-0.25, -0.2) is 4.79 Å². The largest absolute Gasteiger partial charge is 0.478 e. The molecule has 7 rings (SSSR count). The normalized spacial score (nSPS) is 27.3. The summed E-state index contributed by atoms with van der Waals surface area (Å²) in [5.41, 5.74) is 4.96. The van der Waals surface area contributed by atoms with E-state index in [2.05, 4.69) is 28.3 Å². The van der Waals surface area contributed by atoms with Crippen LogP contribution in [0.5, 0.6) is 0 Å². The van der Waals surface area contributed by atoms with Crippen molar-refractivity contribution in [3.05, 3.63) is 86.9 Å². The monoisotopic (exact) mass is 579 g/mol. The maximum atomic E-state index is 11.7. The molecule has 3 aliphatic carbocycles. The molecule has 2 saturated carbocycles. The second-order valence-electron chi connectivity index (χ2n) is 11.8. The molecule has 0 bridgehead atoms. The van der Waals surface area contributed by atoms with E-state index in [4.69, 9.17) is 32.5 Å². The number of benzene rings is 1. The van der Waals surface area contributed by atoms with E-state index in [1.807, 2.05) is 36.2 Å². The third kappa shape index (κ3) is 4.48. The smallest absolute Gasteiger partial charge is 0.337 e. The van der Waals surface area contributed by atoms with Crippen LogP contribution in [-0.4, -0.2) is 58.3 Å². The fourth-order valence-electron chi connectivity index (χ4n) is 6.74. The average molecular weight is 581 g/mol. The molecule has 40 heavy (non-hydrogen) atoms. The minimum atomic E-state index is -0.885. The predicted octanol–water partition coefficient (Wildman–Crippen LogP) is 6.56. The van der Waals surface area contributed by atoms with Crippen LogP contribution in [-0.2, 0) is 16.1 Å². The summed E-state index contributed by atoms with van der Waals surface area (Å²) >= 11 is 13.0. The molecule has 1 unspecified atom stereocenters. The Morgan fingerprint density at radius 1 is 1.23 bits per heavy atom. The van der Waals surface area contributed by atoms with Crippen LogP contribution in [0.4, 0.5) is 0 Å². The lowest BCUT2D eigenvalue weighted by atomic mass is 9.66. The van der Waals surface area contributed by atoms with Crippen molar-refractivity contribution in [1.82, 2.24) is 15.0 Å². The van der Waals surface area contributed by atoms with E-state index >= 15 is 0 Å². The summed E-state index contributed by atoms with van der Waals surface area (Å²) in [4.78, 5) is 16.1. The Morgan fingerprint density at radius 3 is 2.73 bits per heavy atom. The zero-order chi connectivity index (χ0) is 27.6. The molecule has 1 aromatic heterocycles. The van der Waals surface area contributed by atoms with Crippen LogP contribution in [0.1, 0.15) is 49.3 Å². The van der Waals surface area contributed by atoms with Crippen molar-refractivity contribution in [1.29, 1.82) is 0 Å². The average Bonchev–Trinajstić information content (AvgIpc) is 3.47. The van der Waals surface area contributed by atoms with Crippen molar-refractivity contribution >= 4 is 29.2 Å². The first-order valence-electron chi connectivity index (χ1n) is 13.9. The topological polar surface area (TPSA) is 79.0 Å². The summed E-state index contributed by atoms with van der Waals surface area (Å²) in [5.74, 6) is 0.420. The molecule has 1 saturated heterocycles. The number of allylic oxidation sites excluding steroid dienone is 3. The van der Waals surface area contributed by atoms with Gasteiger partial charge in [0.15, 0.2) is 0 Å². The summed E-state index contributed by atoms with van der Waals surface area (Å²) in [6.45, 7) is 2.41. The van der Waals surface area contributed by atoms with Gasteiger partial charge in [-0.15, -0.1) is 0 Å². The van der Waals surface area contributed by atoms with Crippen molar-refractivity contribution in [2.24, 2.45) is 5.41 Å². The van der Waals surface area contributed by atoms with E-state index in [0.29, 0.717) is 39.4 Å². The number of aliphatic carboxylic acids is 1. The van der Waals surface area contributed by atoms with Gasteiger partial charge in [0.05, 0.1) is 34.4 Å². The van der Waals surface area contributed by atoms with Gasteiger partial charge < -0.3 is 24.2 Å². The van der Waals surface area contributed by atoms with Crippen LogP contribution >= 0.6 is 23.2 Å². The number of carbonyl (C=O) groups is 1. The molecule has 1 atom stereocenters. The fourth-order valence-corrected chi connectivity index (χ4v) is 7.31. The Kier molecular flexibility index (Phi) is 6.37. The number of halogens is 2. The van der Waals surface area contributed by atoms with Crippen molar-refractivity contribution in [3.63, 3.8) is 0 Å². The van der Waals surface area contributed by atoms with Gasteiger partial charge in [0.25, 0.3) is 0 Å². The maximum Gasteiger partial charge on any atom is 0.337 e. The standard InChI is InChI=1S/C31H31Cl2N3O4/c1-35-15-22(30(37)38)21-9-7-19(8-10-26(21)35)36-12-11-31(17-36)13-20(14-31)39-16-23-28(34-40-29(23)18-5-6-18)27-24(32)3-2-4-25(27)33/h2-4,7-10,15,18,20,26H,5-6,11-14,16-17H2,1H3,(H,37,38). The lowest BCUT2D eigenvalue weighted by molar-refractivity contribution is -0.132. The highest BCUT2D eigenvalue weighted by molar-refractivity contribution is 6.39. The lowest BCUT2D eigenvalue weighted by Crippen LogP contribution is -2.44. The molecule has 0 amide bonds.